The van der Waals surface area contributed by atoms with E-state index in [4.69, 9.17) is 11.6 Å². The molecular formula is C20H20ClN3O2. The van der Waals surface area contributed by atoms with Gasteiger partial charge in [0.15, 0.2) is 0 Å². The third kappa shape index (κ3) is 2.92. The van der Waals surface area contributed by atoms with Gasteiger partial charge in [0.05, 0.1) is 0 Å². The minimum absolute atomic E-state index is 0.0336. The zero-order valence-electron chi connectivity index (χ0n) is 14.6. The van der Waals surface area contributed by atoms with E-state index in [1.807, 2.05) is 42.2 Å². The fraction of sp³-hybridized carbons (Fsp3) is 0.300. The highest BCUT2D eigenvalue weighted by Crippen LogP contribution is 2.32. The second kappa shape index (κ2) is 6.65. The number of carbonyl (C=O) groups is 2. The number of hydrogen-bond acceptors (Lipinski definition) is 2. The molecule has 0 radical (unpaired) electrons. The molecule has 0 spiro atoms. The lowest BCUT2D eigenvalue weighted by Crippen LogP contribution is -2.44. The van der Waals surface area contributed by atoms with E-state index in [0.29, 0.717) is 18.1 Å². The molecule has 2 aromatic rings. The van der Waals surface area contributed by atoms with Gasteiger partial charge < -0.3 is 9.80 Å². The average molecular weight is 370 g/mol. The van der Waals surface area contributed by atoms with Crippen LogP contribution in [0.2, 0.25) is 5.02 Å². The summed E-state index contributed by atoms with van der Waals surface area (Å²) in [4.78, 5) is 30.7. The van der Waals surface area contributed by atoms with Crippen molar-refractivity contribution in [1.29, 1.82) is 0 Å². The summed E-state index contributed by atoms with van der Waals surface area (Å²) in [6.07, 6.45) is 0.854. The molecule has 1 fully saturated rings. The van der Waals surface area contributed by atoms with Gasteiger partial charge in [0.1, 0.15) is 6.54 Å². The predicted octanol–water partition coefficient (Wildman–Crippen LogP) is 3.56. The number of hydrogen-bond donors (Lipinski definition) is 0. The van der Waals surface area contributed by atoms with Crippen LogP contribution in [0.4, 0.5) is 16.2 Å². The molecule has 2 heterocycles. The molecule has 134 valence electrons. The van der Waals surface area contributed by atoms with Gasteiger partial charge in [-0.25, -0.2) is 4.79 Å². The van der Waals surface area contributed by atoms with Crippen LogP contribution in [0.1, 0.15) is 12.5 Å². The molecule has 0 N–H and O–H groups in total. The first-order chi connectivity index (χ1) is 12.5. The smallest absolute Gasteiger partial charge is 0.313 e. The molecule has 0 bridgehead atoms. The molecule has 2 aliphatic heterocycles. The lowest BCUT2D eigenvalue weighted by molar-refractivity contribution is -0.119. The van der Waals surface area contributed by atoms with E-state index in [-0.39, 0.29) is 24.5 Å². The molecule has 0 aromatic heterocycles. The summed E-state index contributed by atoms with van der Waals surface area (Å²) in [5.41, 5.74) is 2.95. The van der Waals surface area contributed by atoms with Crippen molar-refractivity contribution < 1.29 is 9.59 Å². The summed E-state index contributed by atoms with van der Waals surface area (Å²) in [6.45, 7) is 3.25. The monoisotopic (exact) mass is 369 g/mol. The van der Waals surface area contributed by atoms with Crippen molar-refractivity contribution in [3.63, 3.8) is 0 Å². The Morgan fingerprint density at radius 3 is 2.62 bits per heavy atom. The van der Waals surface area contributed by atoms with Crippen molar-refractivity contribution >= 4 is 34.9 Å². The zero-order chi connectivity index (χ0) is 18.3. The first kappa shape index (κ1) is 16.9. The van der Waals surface area contributed by atoms with Crippen molar-refractivity contribution in [2.45, 2.75) is 19.4 Å². The third-order valence-electron chi connectivity index (χ3n) is 5.04. The van der Waals surface area contributed by atoms with E-state index >= 15 is 0 Å². The number of rotatable bonds is 3. The lowest BCUT2D eigenvalue weighted by atomic mass is 10.1. The largest absolute Gasteiger partial charge is 0.325 e. The molecular weight excluding hydrogens is 350 g/mol. The number of carbonyl (C=O) groups excluding carboxylic acids is 2. The fourth-order valence-corrected chi connectivity index (χ4v) is 3.90. The maximum Gasteiger partial charge on any atom is 0.325 e. The predicted molar refractivity (Wildman–Crippen MR) is 103 cm³/mol. The molecule has 1 unspecified atom stereocenters. The number of benzene rings is 2. The molecule has 26 heavy (non-hydrogen) atoms. The fourth-order valence-electron chi connectivity index (χ4n) is 3.78. The van der Waals surface area contributed by atoms with Crippen LogP contribution in [0.5, 0.6) is 0 Å². The molecule has 0 aliphatic carbocycles. The SMILES string of the molecule is CC1Cc2ccccc2N1C(=O)CN1CCN(c2ccc(Cl)cc2)C1=O. The maximum absolute atomic E-state index is 12.9. The number of fused-ring (bicyclic) bond motifs is 1. The van der Waals surface area contributed by atoms with Crippen LogP contribution in [-0.2, 0) is 11.2 Å². The van der Waals surface area contributed by atoms with Crippen molar-refractivity contribution in [1.82, 2.24) is 4.90 Å². The van der Waals surface area contributed by atoms with Gasteiger partial charge in [0.2, 0.25) is 5.91 Å². The number of anilines is 2. The molecule has 6 heteroatoms. The van der Waals surface area contributed by atoms with Crippen molar-refractivity contribution in [3.8, 4) is 0 Å². The highest BCUT2D eigenvalue weighted by atomic mass is 35.5. The maximum atomic E-state index is 12.9. The zero-order valence-corrected chi connectivity index (χ0v) is 15.3. The summed E-state index contributed by atoms with van der Waals surface area (Å²) < 4.78 is 0. The Labute approximate surface area is 157 Å². The highest BCUT2D eigenvalue weighted by Gasteiger charge is 2.35. The van der Waals surface area contributed by atoms with E-state index in [2.05, 4.69) is 6.07 Å². The van der Waals surface area contributed by atoms with Crippen molar-refractivity contribution in [3.05, 3.63) is 59.1 Å². The molecule has 3 amide bonds. The number of amides is 3. The van der Waals surface area contributed by atoms with Gasteiger partial charge in [0, 0.05) is 35.5 Å². The molecule has 2 aromatic carbocycles. The summed E-state index contributed by atoms with van der Waals surface area (Å²) in [5.74, 6) is -0.0336. The van der Waals surface area contributed by atoms with E-state index in [0.717, 1.165) is 17.8 Å². The summed E-state index contributed by atoms with van der Waals surface area (Å²) >= 11 is 5.92. The second-order valence-corrected chi connectivity index (χ2v) is 7.21. The van der Waals surface area contributed by atoms with Gasteiger partial charge >= 0.3 is 6.03 Å². The molecule has 1 atom stereocenters. The Bertz CT molecular complexity index is 852. The molecule has 0 saturated carbocycles. The number of urea groups is 1. The number of halogens is 1. The first-order valence-electron chi connectivity index (χ1n) is 8.76. The molecule has 4 rings (SSSR count). The van der Waals surface area contributed by atoms with Crippen LogP contribution < -0.4 is 9.80 Å². The second-order valence-electron chi connectivity index (χ2n) is 6.78. The molecule has 5 nitrogen and oxygen atoms in total. The van der Waals surface area contributed by atoms with E-state index in [1.54, 1.807) is 21.9 Å². The summed E-state index contributed by atoms with van der Waals surface area (Å²) in [7, 11) is 0. The van der Waals surface area contributed by atoms with Gasteiger partial charge in [-0.15, -0.1) is 0 Å². The van der Waals surface area contributed by atoms with E-state index in [1.165, 1.54) is 5.56 Å². The average Bonchev–Trinajstić information content (AvgIpc) is 3.15. The van der Waals surface area contributed by atoms with Gasteiger partial charge in [-0.2, -0.15) is 0 Å². The van der Waals surface area contributed by atoms with E-state index < -0.39 is 0 Å². The van der Waals surface area contributed by atoms with Gasteiger partial charge in [-0.1, -0.05) is 29.8 Å². The minimum atomic E-state index is -0.138. The topological polar surface area (TPSA) is 43.9 Å². The number of para-hydroxylation sites is 1. The van der Waals surface area contributed by atoms with Crippen molar-refractivity contribution in [2.24, 2.45) is 0 Å². The van der Waals surface area contributed by atoms with Gasteiger partial charge in [-0.05, 0) is 49.2 Å². The Balaban J connectivity index is 1.47. The van der Waals surface area contributed by atoms with Crippen LogP contribution >= 0.6 is 11.6 Å². The molecule has 1 saturated heterocycles. The standard InChI is InChI=1S/C20H20ClN3O2/c1-14-12-15-4-2-3-5-18(15)24(14)19(25)13-22-10-11-23(20(22)26)17-8-6-16(21)7-9-17/h2-9,14H,10-13H2,1H3. The summed E-state index contributed by atoms with van der Waals surface area (Å²) in [5, 5.41) is 0.633. The van der Waals surface area contributed by atoms with Crippen LogP contribution in [0.25, 0.3) is 0 Å². The van der Waals surface area contributed by atoms with Crippen LogP contribution in [0.15, 0.2) is 48.5 Å². The highest BCUT2D eigenvalue weighted by molar-refractivity contribution is 6.30. The Kier molecular flexibility index (Phi) is 4.32. The summed E-state index contributed by atoms with van der Waals surface area (Å²) in [6, 6.07) is 15.1. The number of nitrogens with zero attached hydrogens (tertiary/aromatic N) is 3. The molecule has 2 aliphatic rings. The lowest BCUT2D eigenvalue weighted by Gasteiger charge is -2.25. The normalized spacial score (nSPS) is 19.2. The Hall–Kier alpha value is -2.53. The van der Waals surface area contributed by atoms with Crippen molar-refractivity contribution in [2.75, 3.05) is 29.4 Å². The van der Waals surface area contributed by atoms with Crippen LogP contribution in [-0.4, -0.2) is 42.5 Å². The first-order valence-corrected chi connectivity index (χ1v) is 9.14. The third-order valence-corrected chi connectivity index (χ3v) is 5.29. The van der Waals surface area contributed by atoms with Gasteiger partial charge in [0.25, 0.3) is 0 Å². The van der Waals surface area contributed by atoms with Gasteiger partial charge in [-0.3, -0.25) is 9.69 Å². The Morgan fingerprint density at radius 1 is 1.12 bits per heavy atom. The van der Waals surface area contributed by atoms with Crippen LogP contribution in [0, 0.1) is 0 Å². The van der Waals surface area contributed by atoms with Crippen LogP contribution in [0.3, 0.4) is 0 Å². The minimum Gasteiger partial charge on any atom is -0.313 e. The van der Waals surface area contributed by atoms with E-state index in [9.17, 15) is 9.59 Å². The quantitative estimate of drug-likeness (QED) is 0.830. The Morgan fingerprint density at radius 2 is 1.85 bits per heavy atom.